The van der Waals surface area contributed by atoms with Crippen LogP contribution in [0.3, 0.4) is 0 Å². The highest BCUT2D eigenvalue weighted by molar-refractivity contribution is 6.30. The molecule has 0 amide bonds. The number of hydrogen-bond donors (Lipinski definition) is 2. The molecule has 3 nitrogen and oxygen atoms in total. The van der Waals surface area contributed by atoms with Crippen LogP contribution in [0.15, 0.2) is 12.3 Å². The van der Waals surface area contributed by atoms with Gasteiger partial charge in [-0.25, -0.2) is 4.98 Å². The minimum absolute atomic E-state index is 0.120. The van der Waals surface area contributed by atoms with E-state index in [2.05, 4.69) is 4.98 Å². The van der Waals surface area contributed by atoms with Gasteiger partial charge in [-0.2, -0.15) is 0 Å². The fraction of sp³-hybridized carbons (Fsp3) is 0.375. The maximum absolute atomic E-state index is 8.79. The Morgan fingerprint density at radius 1 is 1.75 bits per heavy atom. The molecule has 0 saturated heterocycles. The number of nitrogens with two attached hydrogens (primary N) is 1. The van der Waals surface area contributed by atoms with Crippen LogP contribution in [0.25, 0.3) is 0 Å². The van der Waals surface area contributed by atoms with Crippen LogP contribution < -0.4 is 5.73 Å². The Kier molecular flexibility index (Phi) is 3.03. The zero-order valence-electron chi connectivity index (χ0n) is 6.79. The summed E-state index contributed by atoms with van der Waals surface area (Å²) < 4.78 is 0. The Bertz CT molecular complexity index is 278. The Hall–Kier alpha value is -0.640. The van der Waals surface area contributed by atoms with Gasteiger partial charge in [0.25, 0.3) is 0 Å². The molecular weight excluding hydrogens is 176 g/mol. The number of aliphatic hydroxyl groups excluding tert-OH is 1. The van der Waals surface area contributed by atoms with Gasteiger partial charge in [-0.15, -0.1) is 0 Å². The summed E-state index contributed by atoms with van der Waals surface area (Å²) in [5.74, 6) is 0. The quantitative estimate of drug-likeness (QED) is 0.679. The first-order valence-electron chi connectivity index (χ1n) is 3.63. The summed E-state index contributed by atoms with van der Waals surface area (Å²) in [6.07, 6.45) is 1.66. The summed E-state index contributed by atoms with van der Waals surface area (Å²) in [5.41, 5.74) is 7.27. The molecule has 0 spiro atoms. The van der Waals surface area contributed by atoms with Crippen molar-refractivity contribution in [2.75, 3.05) is 6.61 Å². The molecule has 4 heteroatoms. The molecule has 0 aliphatic heterocycles. The van der Waals surface area contributed by atoms with Crippen molar-refractivity contribution in [2.24, 2.45) is 5.73 Å². The second kappa shape index (κ2) is 3.85. The van der Waals surface area contributed by atoms with Gasteiger partial charge in [-0.3, -0.25) is 0 Å². The molecular formula is C8H11ClN2O. The van der Waals surface area contributed by atoms with Gasteiger partial charge in [0, 0.05) is 11.8 Å². The molecule has 0 saturated carbocycles. The fourth-order valence-electron chi connectivity index (χ4n) is 0.933. The zero-order chi connectivity index (χ0) is 9.14. The number of aromatic nitrogens is 1. The van der Waals surface area contributed by atoms with Crippen LogP contribution >= 0.6 is 11.6 Å². The number of rotatable bonds is 2. The first kappa shape index (κ1) is 9.45. The zero-order valence-corrected chi connectivity index (χ0v) is 7.54. The van der Waals surface area contributed by atoms with Crippen molar-refractivity contribution in [3.63, 3.8) is 0 Å². The summed E-state index contributed by atoms with van der Waals surface area (Å²) in [6.45, 7) is 1.78. The SMILES string of the molecule is Cc1cnc(Cl)c([C@H](N)CO)c1. The Morgan fingerprint density at radius 2 is 2.42 bits per heavy atom. The second-order valence-corrected chi connectivity index (χ2v) is 3.04. The monoisotopic (exact) mass is 186 g/mol. The van der Waals surface area contributed by atoms with Crippen molar-refractivity contribution in [1.29, 1.82) is 0 Å². The van der Waals surface area contributed by atoms with Crippen molar-refractivity contribution in [1.82, 2.24) is 4.98 Å². The minimum atomic E-state index is -0.440. The molecule has 1 aromatic rings. The van der Waals surface area contributed by atoms with Gasteiger partial charge in [-0.05, 0) is 18.6 Å². The van der Waals surface area contributed by atoms with Gasteiger partial charge in [-0.1, -0.05) is 11.6 Å². The molecule has 0 aliphatic carbocycles. The highest BCUT2D eigenvalue weighted by Gasteiger charge is 2.09. The van der Waals surface area contributed by atoms with Gasteiger partial charge in [0.2, 0.25) is 0 Å². The van der Waals surface area contributed by atoms with E-state index in [0.717, 1.165) is 5.56 Å². The van der Waals surface area contributed by atoms with Crippen LogP contribution in [0.2, 0.25) is 5.15 Å². The molecule has 1 aromatic heterocycles. The van der Waals surface area contributed by atoms with E-state index >= 15 is 0 Å². The molecule has 66 valence electrons. The highest BCUT2D eigenvalue weighted by Crippen LogP contribution is 2.19. The van der Waals surface area contributed by atoms with E-state index in [1.165, 1.54) is 0 Å². The molecule has 3 N–H and O–H groups in total. The lowest BCUT2D eigenvalue weighted by atomic mass is 10.1. The number of nitrogens with zero attached hydrogens (tertiary/aromatic N) is 1. The van der Waals surface area contributed by atoms with Crippen molar-refractivity contribution in [3.05, 3.63) is 28.5 Å². The molecule has 0 fully saturated rings. The van der Waals surface area contributed by atoms with Crippen molar-refractivity contribution in [2.45, 2.75) is 13.0 Å². The molecule has 1 heterocycles. The third kappa shape index (κ3) is 1.94. The summed E-state index contributed by atoms with van der Waals surface area (Å²) in [6, 6.07) is 1.39. The van der Waals surface area contributed by atoms with E-state index in [1.807, 2.05) is 13.0 Å². The maximum atomic E-state index is 8.79. The van der Waals surface area contributed by atoms with E-state index in [4.69, 9.17) is 22.4 Å². The van der Waals surface area contributed by atoms with Gasteiger partial charge in [0.15, 0.2) is 0 Å². The summed E-state index contributed by atoms with van der Waals surface area (Å²) in [4.78, 5) is 3.92. The highest BCUT2D eigenvalue weighted by atomic mass is 35.5. The molecule has 12 heavy (non-hydrogen) atoms. The first-order valence-corrected chi connectivity index (χ1v) is 4.01. The summed E-state index contributed by atoms with van der Waals surface area (Å²) in [5, 5.41) is 9.16. The van der Waals surface area contributed by atoms with Crippen LogP contribution in [0, 0.1) is 6.92 Å². The smallest absolute Gasteiger partial charge is 0.133 e. The number of aryl methyl sites for hydroxylation is 1. The number of aliphatic hydroxyl groups is 1. The average molecular weight is 187 g/mol. The minimum Gasteiger partial charge on any atom is -0.394 e. The van der Waals surface area contributed by atoms with Gasteiger partial charge >= 0.3 is 0 Å². The Labute approximate surface area is 76.2 Å². The van der Waals surface area contributed by atoms with Crippen LogP contribution in [0.1, 0.15) is 17.2 Å². The van der Waals surface area contributed by atoms with Crippen LogP contribution in [0.5, 0.6) is 0 Å². The largest absolute Gasteiger partial charge is 0.394 e. The van der Waals surface area contributed by atoms with Crippen LogP contribution in [-0.2, 0) is 0 Å². The fourth-order valence-corrected chi connectivity index (χ4v) is 1.18. The third-order valence-electron chi connectivity index (χ3n) is 1.60. The predicted molar refractivity (Wildman–Crippen MR) is 48.0 cm³/mol. The number of halogens is 1. The molecule has 0 aliphatic rings. The van der Waals surface area contributed by atoms with E-state index in [1.54, 1.807) is 6.20 Å². The molecule has 0 radical (unpaired) electrons. The Morgan fingerprint density at radius 3 is 3.00 bits per heavy atom. The number of hydrogen-bond acceptors (Lipinski definition) is 3. The van der Waals surface area contributed by atoms with E-state index in [0.29, 0.717) is 10.7 Å². The normalized spacial score (nSPS) is 13.0. The topological polar surface area (TPSA) is 59.1 Å². The van der Waals surface area contributed by atoms with Gasteiger partial charge in [0.05, 0.1) is 12.6 Å². The maximum Gasteiger partial charge on any atom is 0.133 e. The molecule has 0 bridgehead atoms. The van der Waals surface area contributed by atoms with E-state index in [9.17, 15) is 0 Å². The second-order valence-electron chi connectivity index (χ2n) is 2.68. The predicted octanol–water partition coefficient (Wildman–Crippen LogP) is 1.04. The molecule has 0 unspecified atom stereocenters. The lowest BCUT2D eigenvalue weighted by Gasteiger charge is -2.09. The van der Waals surface area contributed by atoms with Crippen molar-refractivity contribution in [3.8, 4) is 0 Å². The summed E-state index contributed by atoms with van der Waals surface area (Å²) >= 11 is 5.77. The lowest BCUT2D eigenvalue weighted by molar-refractivity contribution is 0.268. The first-order chi connectivity index (χ1) is 5.65. The third-order valence-corrected chi connectivity index (χ3v) is 1.91. The van der Waals surface area contributed by atoms with Crippen LogP contribution in [0.4, 0.5) is 0 Å². The van der Waals surface area contributed by atoms with Crippen molar-refractivity contribution >= 4 is 11.6 Å². The lowest BCUT2D eigenvalue weighted by Crippen LogP contribution is -2.15. The van der Waals surface area contributed by atoms with Gasteiger partial charge in [0.1, 0.15) is 5.15 Å². The summed E-state index contributed by atoms with van der Waals surface area (Å²) in [7, 11) is 0. The van der Waals surface area contributed by atoms with E-state index in [-0.39, 0.29) is 6.61 Å². The number of pyridine rings is 1. The molecule has 1 atom stereocenters. The van der Waals surface area contributed by atoms with Crippen molar-refractivity contribution < 1.29 is 5.11 Å². The standard InChI is InChI=1S/C8H11ClN2O/c1-5-2-6(7(10)4-12)8(9)11-3-5/h2-3,7,12H,4,10H2,1H3/t7-/m1/s1. The molecule has 1 rings (SSSR count). The van der Waals surface area contributed by atoms with Crippen LogP contribution in [-0.4, -0.2) is 16.7 Å². The average Bonchev–Trinajstić information content (AvgIpc) is 2.08. The molecule has 0 aromatic carbocycles. The Balaban J connectivity index is 3.04. The van der Waals surface area contributed by atoms with E-state index < -0.39 is 6.04 Å². The van der Waals surface area contributed by atoms with Gasteiger partial charge < -0.3 is 10.8 Å².